The SMILES string of the molecule is CCCCOC(C)C(=O)N1CCC(C)(CN)C1.Cl. The summed E-state index contributed by atoms with van der Waals surface area (Å²) in [7, 11) is 0. The molecule has 0 radical (unpaired) electrons. The Morgan fingerprint density at radius 3 is 2.72 bits per heavy atom. The highest BCUT2D eigenvalue weighted by atomic mass is 35.5. The molecule has 0 aromatic rings. The van der Waals surface area contributed by atoms with E-state index in [0.717, 1.165) is 32.4 Å². The zero-order valence-corrected chi connectivity index (χ0v) is 12.6. The molecule has 18 heavy (non-hydrogen) atoms. The molecule has 0 spiro atoms. The smallest absolute Gasteiger partial charge is 0.251 e. The number of halogens is 1. The molecule has 0 bridgehead atoms. The fraction of sp³-hybridized carbons (Fsp3) is 0.923. The second kappa shape index (κ2) is 7.97. The summed E-state index contributed by atoms with van der Waals surface area (Å²) in [4.78, 5) is 14.0. The van der Waals surface area contributed by atoms with E-state index in [1.54, 1.807) is 0 Å². The van der Waals surface area contributed by atoms with E-state index >= 15 is 0 Å². The van der Waals surface area contributed by atoms with Crippen molar-refractivity contribution in [2.75, 3.05) is 26.2 Å². The number of ether oxygens (including phenoxy) is 1. The first-order valence-corrected chi connectivity index (χ1v) is 6.63. The van der Waals surface area contributed by atoms with Gasteiger partial charge in [0.1, 0.15) is 6.10 Å². The quantitative estimate of drug-likeness (QED) is 0.754. The minimum absolute atomic E-state index is 0. The minimum Gasteiger partial charge on any atom is -0.369 e. The van der Waals surface area contributed by atoms with Crippen molar-refractivity contribution < 1.29 is 9.53 Å². The summed E-state index contributed by atoms with van der Waals surface area (Å²) in [5.74, 6) is 0.110. The van der Waals surface area contributed by atoms with Gasteiger partial charge in [-0.05, 0) is 31.7 Å². The number of nitrogens with zero attached hydrogens (tertiary/aromatic N) is 1. The Morgan fingerprint density at radius 1 is 1.56 bits per heavy atom. The highest BCUT2D eigenvalue weighted by Gasteiger charge is 2.36. The normalized spacial score (nSPS) is 24.8. The van der Waals surface area contributed by atoms with E-state index in [1.165, 1.54) is 0 Å². The van der Waals surface area contributed by atoms with Crippen molar-refractivity contribution in [1.82, 2.24) is 4.90 Å². The zero-order valence-electron chi connectivity index (χ0n) is 11.8. The number of rotatable bonds is 6. The highest BCUT2D eigenvalue weighted by Crippen LogP contribution is 2.28. The van der Waals surface area contributed by atoms with Gasteiger partial charge in [-0.3, -0.25) is 4.79 Å². The van der Waals surface area contributed by atoms with Gasteiger partial charge in [0.15, 0.2) is 0 Å². The van der Waals surface area contributed by atoms with Crippen LogP contribution in [-0.4, -0.2) is 43.2 Å². The number of nitrogens with two attached hydrogens (primary N) is 1. The Morgan fingerprint density at radius 2 is 2.22 bits per heavy atom. The second-order valence-electron chi connectivity index (χ2n) is 5.39. The van der Waals surface area contributed by atoms with Crippen molar-refractivity contribution in [3.05, 3.63) is 0 Å². The Kier molecular flexibility index (Phi) is 7.83. The van der Waals surface area contributed by atoms with Crippen LogP contribution in [0, 0.1) is 5.41 Å². The standard InChI is InChI=1S/C13H26N2O2.ClH/c1-4-5-8-17-11(2)12(16)15-7-6-13(3,9-14)10-15;/h11H,4-10,14H2,1-3H3;1H. The number of hydrogen-bond donors (Lipinski definition) is 1. The van der Waals surface area contributed by atoms with Crippen LogP contribution in [0.5, 0.6) is 0 Å². The Hall–Kier alpha value is -0.320. The lowest BCUT2D eigenvalue weighted by Crippen LogP contribution is -2.40. The van der Waals surface area contributed by atoms with E-state index in [2.05, 4.69) is 13.8 Å². The van der Waals surface area contributed by atoms with Crippen molar-refractivity contribution in [1.29, 1.82) is 0 Å². The maximum Gasteiger partial charge on any atom is 0.251 e. The van der Waals surface area contributed by atoms with Gasteiger partial charge >= 0.3 is 0 Å². The summed E-state index contributed by atoms with van der Waals surface area (Å²) in [5, 5.41) is 0. The average Bonchev–Trinajstić information content (AvgIpc) is 2.72. The Bertz CT molecular complexity index is 263. The van der Waals surface area contributed by atoms with E-state index in [0.29, 0.717) is 13.2 Å². The molecule has 1 aliphatic heterocycles. The van der Waals surface area contributed by atoms with Gasteiger partial charge in [-0.2, -0.15) is 0 Å². The molecule has 1 amide bonds. The molecule has 1 saturated heterocycles. The van der Waals surface area contributed by atoms with Crippen LogP contribution in [0.1, 0.15) is 40.0 Å². The van der Waals surface area contributed by atoms with Crippen LogP contribution in [0.2, 0.25) is 0 Å². The molecule has 0 aliphatic carbocycles. The molecule has 2 N–H and O–H groups in total. The van der Waals surface area contributed by atoms with Crippen molar-refractivity contribution in [3.8, 4) is 0 Å². The van der Waals surface area contributed by atoms with Crippen LogP contribution < -0.4 is 5.73 Å². The topological polar surface area (TPSA) is 55.6 Å². The van der Waals surface area contributed by atoms with Gasteiger partial charge in [0, 0.05) is 19.7 Å². The number of unbranched alkanes of at least 4 members (excludes halogenated alkanes) is 1. The zero-order chi connectivity index (χ0) is 12.9. The summed E-state index contributed by atoms with van der Waals surface area (Å²) in [5.41, 5.74) is 5.83. The second-order valence-corrected chi connectivity index (χ2v) is 5.39. The van der Waals surface area contributed by atoms with E-state index in [1.807, 2.05) is 11.8 Å². The maximum absolute atomic E-state index is 12.1. The predicted octanol–water partition coefficient (Wildman–Crippen LogP) is 1.81. The molecule has 1 fully saturated rings. The van der Waals surface area contributed by atoms with E-state index in [4.69, 9.17) is 10.5 Å². The Labute approximate surface area is 117 Å². The number of carbonyl (C=O) groups is 1. The van der Waals surface area contributed by atoms with Crippen LogP contribution in [-0.2, 0) is 9.53 Å². The van der Waals surface area contributed by atoms with E-state index < -0.39 is 0 Å². The first-order valence-electron chi connectivity index (χ1n) is 6.63. The highest BCUT2D eigenvalue weighted by molar-refractivity contribution is 5.85. The summed E-state index contributed by atoms with van der Waals surface area (Å²) in [6.45, 7) is 8.99. The maximum atomic E-state index is 12.1. The third-order valence-electron chi connectivity index (χ3n) is 3.58. The van der Waals surface area contributed by atoms with Gasteiger partial charge in [-0.1, -0.05) is 20.3 Å². The molecule has 4 nitrogen and oxygen atoms in total. The molecular weight excluding hydrogens is 252 g/mol. The fourth-order valence-electron chi connectivity index (χ4n) is 2.11. The van der Waals surface area contributed by atoms with Crippen molar-refractivity contribution in [2.24, 2.45) is 11.1 Å². The molecule has 0 aromatic heterocycles. The van der Waals surface area contributed by atoms with Crippen molar-refractivity contribution >= 4 is 18.3 Å². The van der Waals surface area contributed by atoms with Crippen molar-refractivity contribution in [3.63, 3.8) is 0 Å². The first kappa shape index (κ1) is 17.7. The van der Waals surface area contributed by atoms with E-state index in [-0.39, 0.29) is 29.8 Å². The molecule has 1 aliphatic rings. The van der Waals surface area contributed by atoms with Crippen LogP contribution in [0.25, 0.3) is 0 Å². The van der Waals surface area contributed by atoms with Gasteiger partial charge in [0.05, 0.1) is 0 Å². The van der Waals surface area contributed by atoms with Gasteiger partial charge < -0.3 is 15.4 Å². The monoisotopic (exact) mass is 278 g/mol. The van der Waals surface area contributed by atoms with Gasteiger partial charge in [0.25, 0.3) is 5.91 Å². The summed E-state index contributed by atoms with van der Waals surface area (Å²) in [6, 6.07) is 0. The largest absolute Gasteiger partial charge is 0.369 e. The summed E-state index contributed by atoms with van der Waals surface area (Å²) in [6.07, 6.45) is 2.78. The molecular formula is C13H27ClN2O2. The lowest BCUT2D eigenvalue weighted by Gasteiger charge is -2.24. The molecule has 2 unspecified atom stereocenters. The van der Waals surface area contributed by atoms with Crippen molar-refractivity contribution in [2.45, 2.75) is 46.1 Å². The molecule has 5 heteroatoms. The van der Waals surface area contributed by atoms with Crippen LogP contribution >= 0.6 is 12.4 Å². The first-order chi connectivity index (χ1) is 8.02. The van der Waals surface area contributed by atoms with Crippen LogP contribution in [0.15, 0.2) is 0 Å². The third kappa shape index (κ3) is 4.75. The Balaban J connectivity index is 0.00000289. The average molecular weight is 279 g/mol. The molecule has 0 saturated carbocycles. The molecule has 108 valence electrons. The van der Waals surface area contributed by atoms with Crippen LogP contribution in [0.3, 0.4) is 0 Å². The number of carbonyl (C=O) groups excluding carboxylic acids is 1. The third-order valence-corrected chi connectivity index (χ3v) is 3.58. The molecule has 1 rings (SSSR count). The number of amides is 1. The summed E-state index contributed by atoms with van der Waals surface area (Å²) >= 11 is 0. The molecule has 1 heterocycles. The fourth-order valence-corrected chi connectivity index (χ4v) is 2.11. The van der Waals surface area contributed by atoms with Gasteiger partial charge in [-0.15, -0.1) is 12.4 Å². The lowest BCUT2D eigenvalue weighted by molar-refractivity contribution is -0.142. The minimum atomic E-state index is -0.318. The lowest BCUT2D eigenvalue weighted by atomic mass is 9.90. The van der Waals surface area contributed by atoms with Crippen LogP contribution in [0.4, 0.5) is 0 Å². The van der Waals surface area contributed by atoms with Gasteiger partial charge in [-0.25, -0.2) is 0 Å². The number of hydrogen-bond acceptors (Lipinski definition) is 3. The van der Waals surface area contributed by atoms with Gasteiger partial charge in [0.2, 0.25) is 0 Å². The predicted molar refractivity (Wildman–Crippen MR) is 75.9 cm³/mol. The molecule has 0 aromatic carbocycles. The van der Waals surface area contributed by atoms with E-state index in [9.17, 15) is 4.79 Å². The number of likely N-dealkylation sites (tertiary alicyclic amines) is 1. The summed E-state index contributed by atoms with van der Waals surface area (Å²) < 4.78 is 5.54. The molecule has 2 atom stereocenters.